The highest BCUT2D eigenvalue weighted by Crippen LogP contribution is 2.25. The van der Waals surface area contributed by atoms with Crippen molar-refractivity contribution < 1.29 is 9.90 Å². The number of amides is 1. The Morgan fingerprint density at radius 3 is 3.00 bits per heavy atom. The Bertz CT molecular complexity index is 518. The molecule has 0 aliphatic carbocycles. The summed E-state index contributed by atoms with van der Waals surface area (Å²) >= 11 is 3.18. The fourth-order valence-corrected chi connectivity index (χ4v) is 3.16. The first-order valence-electron chi connectivity index (χ1n) is 6.10. The van der Waals surface area contributed by atoms with Gasteiger partial charge in [-0.2, -0.15) is 11.3 Å². The topological polar surface area (TPSA) is 62.2 Å². The molecule has 0 bridgehead atoms. The standard InChI is InChI=1S/C13H16N2O2S2/c1-2-10(6-16)14-12(17)5-11-8-19-13(15-11)9-3-4-18-7-9/h3-4,7-8,10,16H,2,5-6H2,1H3,(H,14,17)/t10-/m0/s1. The average molecular weight is 296 g/mol. The van der Waals surface area contributed by atoms with Gasteiger partial charge in [-0.15, -0.1) is 11.3 Å². The molecule has 0 spiro atoms. The molecule has 0 unspecified atom stereocenters. The van der Waals surface area contributed by atoms with Gasteiger partial charge in [0, 0.05) is 16.3 Å². The van der Waals surface area contributed by atoms with Crippen molar-refractivity contribution in [1.82, 2.24) is 10.3 Å². The summed E-state index contributed by atoms with van der Waals surface area (Å²) < 4.78 is 0. The van der Waals surface area contributed by atoms with Crippen molar-refractivity contribution in [2.75, 3.05) is 6.61 Å². The lowest BCUT2D eigenvalue weighted by atomic mass is 10.2. The van der Waals surface area contributed by atoms with Gasteiger partial charge in [0.1, 0.15) is 5.01 Å². The van der Waals surface area contributed by atoms with E-state index in [-0.39, 0.29) is 25.0 Å². The highest BCUT2D eigenvalue weighted by molar-refractivity contribution is 7.14. The van der Waals surface area contributed by atoms with Crippen LogP contribution in [0.5, 0.6) is 0 Å². The van der Waals surface area contributed by atoms with Crippen molar-refractivity contribution in [3.63, 3.8) is 0 Å². The van der Waals surface area contributed by atoms with E-state index in [1.807, 2.05) is 29.1 Å². The van der Waals surface area contributed by atoms with Crippen LogP contribution in [0.3, 0.4) is 0 Å². The summed E-state index contributed by atoms with van der Waals surface area (Å²) in [7, 11) is 0. The summed E-state index contributed by atoms with van der Waals surface area (Å²) in [5.74, 6) is -0.0944. The fraction of sp³-hybridized carbons (Fsp3) is 0.385. The van der Waals surface area contributed by atoms with Gasteiger partial charge < -0.3 is 10.4 Å². The van der Waals surface area contributed by atoms with E-state index in [1.165, 1.54) is 0 Å². The molecule has 0 radical (unpaired) electrons. The number of aliphatic hydroxyl groups is 1. The Morgan fingerprint density at radius 1 is 1.53 bits per heavy atom. The van der Waals surface area contributed by atoms with Gasteiger partial charge in [0.25, 0.3) is 0 Å². The highest BCUT2D eigenvalue weighted by atomic mass is 32.1. The SMILES string of the molecule is CC[C@@H](CO)NC(=O)Cc1csc(-c2ccsc2)n1. The molecule has 0 aliphatic heterocycles. The number of rotatable bonds is 6. The molecule has 6 heteroatoms. The number of carbonyl (C=O) groups excluding carboxylic acids is 1. The molecule has 0 saturated heterocycles. The molecule has 2 N–H and O–H groups in total. The lowest BCUT2D eigenvalue weighted by Gasteiger charge is -2.13. The van der Waals surface area contributed by atoms with Crippen LogP contribution in [0.25, 0.3) is 10.6 Å². The maximum Gasteiger partial charge on any atom is 0.226 e. The van der Waals surface area contributed by atoms with E-state index in [9.17, 15) is 4.79 Å². The maximum atomic E-state index is 11.8. The molecule has 2 heterocycles. The molecule has 0 aliphatic rings. The molecule has 0 aromatic carbocycles. The summed E-state index contributed by atoms with van der Waals surface area (Å²) in [6, 6.07) is 1.86. The molecular formula is C13H16N2O2S2. The number of aromatic nitrogens is 1. The summed E-state index contributed by atoms with van der Waals surface area (Å²) in [5, 5.41) is 18.7. The Hall–Kier alpha value is -1.24. The fourth-order valence-electron chi connectivity index (χ4n) is 1.63. The van der Waals surface area contributed by atoms with E-state index in [2.05, 4.69) is 10.3 Å². The van der Waals surface area contributed by atoms with Crippen LogP contribution in [0.1, 0.15) is 19.0 Å². The number of carbonyl (C=O) groups is 1. The molecular weight excluding hydrogens is 280 g/mol. The highest BCUT2D eigenvalue weighted by Gasteiger charge is 2.12. The van der Waals surface area contributed by atoms with Crippen LogP contribution in [0.15, 0.2) is 22.2 Å². The Labute approximate surface area is 120 Å². The molecule has 0 fully saturated rings. The normalized spacial score (nSPS) is 12.3. The predicted octanol–water partition coefficient (Wildman–Crippen LogP) is 2.30. The minimum absolute atomic E-state index is 0.0283. The van der Waals surface area contributed by atoms with Gasteiger partial charge in [-0.3, -0.25) is 4.79 Å². The van der Waals surface area contributed by atoms with Crippen LogP contribution in [0.2, 0.25) is 0 Å². The van der Waals surface area contributed by atoms with Gasteiger partial charge in [-0.05, 0) is 17.9 Å². The molecule has 1 amide bonds. The molecule has 2 aromatic rings. The lowest BCUT2D eigenvalue weighted by molar-refractivity contribution is -0.121. The van der Waals surface area contributed by atoms with E-state index in [4.69, 9.17) is 5.11 Å². The maximum absolute atomic E-state index is 11.8. The van der Waals surface area contributed by atoms with Crippen molar-refractivity contribution in [1.29, 1.82) is 0 Å². The minimum Gasteiger partial charge on any atom is -0.394 e. The van der Waals surface area contributed by atoms with Gasteiger partial charge in [-0.25, -0.2) is 4.98 Å². The third-order valence-corrected chi connectivity index (χ3v) is 4.36. The second kappa shape index (κ2) is 6.79. The van der Waals surface area contributed by atoms with Crippen LogP contribution in [0.4, 0.5) is 0 Å². The van der Waals surface area contributed by atoms with Crippen LogP contribution in [-0.2, 0) is 11.2 Å². The number of hydrogen-bond donors (Lipinski definition) is 2. The summed E-state index contributed by atoms with van der Waals surface area (Å²) in [6.45, 7) is 1.90. The summed E-state index contributed by atoms with van der Waals surface area (Å²) in [4.78, 5) is 16.2. The van der Waals surface area contributed by atoms with Gasteiger partial charge in [-0.1, -0.05) is 6.92 Å². The van der Waals surface area contributed by atoms with Gasteiger partial charge in [0.15, 0.2) is 0 Å². The van der Waals surface area contributed by atoms with Crippen LogP contribution < -0.4 is 5.32 Å². The zero-order chi connectivity index (χ0) is 13.7. The van der Waals surface area contributed by atoms with E-state index < -0.39 is 0 Å². The zero-order valence-corrected chi connectivity index (χ0v) is 12.3. The molecule has 1 atom stereocenters. The Kier molecular flexibility index (Phi) is 5.07. The third-order valence-electron chi connectivity index (χ3n) is 2.74. The van der Waals surface area contributed by atoms with Crippen molar-refractivity contribution in [3.05, 3.63) is 27.9 Å². The first-order chi connectivity index (χ1) is 9.22. The van der Waals surface area contributed by atoms with Crippen molar-refractivity contribution in [2.45, 2.75) is 25.8 Å². The van der Waals surface area contributed by atoms with E-state index in [0.29, 0.717) is 0 Å². The molecule has 0 saturated carbocycles. The van der Waals surface area contributed by atoms with E-state index in [0.717, 1.165) is 22.7 Å². The first kappa shape index (κ1) is 14.2. The molecule has 2 aromatic heterocycles. The molecule has 102 valence electrons. The number of thiophene rings is 1. The van der Waals surface area contributed by atoms with Crippen molar-refractivity contribution >= 4 is 28.6 Å². The largest absolute Gasteiger partial charge is 0.394 e. The quantitative estimate of drug-likeness (QED) is 0.860. The van der Waals surface area contributed by atoms with Crippen molar-refractivity contribution in [2.24, 2.45) is 0 Å². The zero-order valence-electron chi connectivity index (χ0n) is 10.6. The van der Waals surface area contributed by atoms with E-state index in [1.54, 1.807) is 22.7 Å². The lowest BCUT2D eigenvalue weighted by Crippen LogP contribution is -2.37. The minimum atomic E-state index is -0.164. The molecule has 19 heavy (non-hydrogen) atoms. The number of thiazole rings is 1. The van der Waals surface area contributed by atoms with Gasteiger partial charge >= 0.3 is 0 Å². The Balaban J connectivity index is 1.95. The third kappa shape index (κ3) is 3.86. The average Bonchev–Trinajstić information content (AvgIpc) is 3.06. The second-order valence-electron chi connectivity index (χ2n) is 4.19. The second-order valence-corrected chi connectivity index (χ2v) is 5.83. The van der Waals surface area contributed by atoms with Crippen molar-refractivity contribution in [3.8, 4) is 10.6 Å². The van der Waals surface area contributed by atoms with Gasteiger partial charge in [0.2, 0.25) is 5.91 Å². The number of aliphatic hydroxyl groups excluding tert-OH is 1. The van der Waals surface area contributed by atoms with Crippen LogP contribution >= 0.6 is 22.7 Å². The van der Waals surface area contributed by atoms with Crippen LogP contribution in [0, 0.1) is 0 Å². The Morgan fingerprint density at radius 2 is 2.37 bits per heavy atom. The number of hydrogen-bond acceptors (Lipinski definition) is 5. The summed E-state index contributed by atoms with van der Waals surface area (Å²) in [5.41, 5.74) is 1.87. The van der Waals surface area contributed by atoms with E-state index >= 15 is 0 Å². The first-order valence-corrected chi connectivity index (χ1v) is 7.92. The predicted molar refractivity (Wildman–Crippen MR) is 78.4 cm³/mol. The summed E-state index contributed by atoms with van der Waals surface area (Å²) in [6.07, 6.45) is 0.983. The monoisotopic (exact) mass is 296 g/mol. The van der Waals surface area contributed by atoms with Crippen LogP contribution in [-0.4, -0.2) is 28.6 Å². The van der Waals surface area contributed by atoms with Gasteiger partial charge in [0.05, 0.1) is 24.8 Å². The number of nitrogens with zero attached hydrogens (tertiary/aromatic N) is 1. The number of nitrogens with one attached hydrogen (secondary N) is 1. The molecule has 2 rings (SSSR count). The molecule has 4 nitrogen and oxygen atoms in total. The smallest absolute Gasteiger partial charge is 0.226 e.